The van der Waals surface area contributed by atoms with E-state index >= 15 is 0 Å². The number of hydrogen-bond acceptors (Lipinski definition) is 2. The van der Waals surface area contributed by atoms with Gasteiger partial charge >= 0.3 is 0 Å². The maximum Gasteiger partial charge on any atom is 0.0664 e. The van der Waals surface area contributed by atoms with E-state index in [0.29, 0.717) is 0 Å². The van der Waals surface area contributed by atoms with Crippen molar-refractivity contribution in [3.05, 3.63) is 34.3 Å². The second-order valence-corrected chi connectivity index (χ2v) is 5.12. The van der Waals surface area contributed by atoms with Crippen LogP contribution in [-0.2, 0) is 6.42 Å². The summed E-state index contributed by atoms with van der Waals surface area (Å²) in [6, 6.07) is 8.40. The molecule has 0 spiro atoms. The molecule has 1 aromatic carbocycles. The number of benzene rings is 1. The molecule has 0 heterocycles. The SMILES string of the molecule is CCC(O)CN(C)CCc1ccc(Br)cc1. The fourth-order valence-electron chi connectivity index (χ4n) is 1.55. The molecular formula is C13H20BrNO. The van der Waals surface area contributed by atoms with E-state index < -0.39 is 0 Å². The summed E-state index contributed by atoms with van der Waals surface area (Å²) in [7, 11) is 2.05. The minimum absolute atomic E-state index is 0.199. The van der Waals surface area contributed by atoms with E-state index in [2.05, 4.69) is 52.1 Å². The average molecular weight is 286 g/mol. The van der Waals surface area contributed by atoms with Gasteiger partial charge in [0.1, 0.15) is 0 Å². The maximum absolute atomic E-state index is 9.51. The summed E-state index contributed by atoms with van der Waals surface area (Å²) < 4.78 is 1.12. The van der Waals surface area contributed by atoms with E-state index in [0.717, 1.165) is 30.4 Å². The van der Waals surface area contributed by atoms with E-state index in [9.17, 15) is 5.11 Å². The minimum Gasteiger partial charge on any atom is -0.392 e. The predicted molar refractivity (Wildman–Crippen MR) is 71.6 cm³/mol. The van der Waals surface area contributed by atoms with Crippen LogP contribution in [-0.4, -0.2) is 36.2 Å². The summed E-state index contributed by atoms with van der Waals surface area (Å²) in [5, 5.41) is 9.51. The first-order valence-corrected chi connectivity index (χ1v) is 6.52. The Kier molecular flexibility index (Phi) is 6.03. The van der Waals surface area contributed by atoms with Crippen molar-refractivity contribution >= 4 is 15.9 Å². The van der Waals surface area contributed by atoms with Crippen molar-refractivity contribution in [1.29, 1.82) is 0 Å². The Morgan fingerprint density at radius 2 is 1.94 bits per heavy atom. The molecule has 0 bridgehead atoms. The molecule has 2 nitrogen and oxygen atoms in total. The van der Waals surface area contributed by atoms with E-state index in [-0.39, 0.29) is 6.10 Å². The van der Waals surface area contributed by atoms with E-state index in [1.165, 1.54) is 5.56 Å². The largest absolute Gasteiger partial charge is 0.392 e. The summed E-state index contributed by atoms with van der Waals surface area (Å²) >= 11 is 3.42. The van der Waals surface area contributed by atoms with Crippen molar-refractivity contribution in [1.82, 2.24) is 4.90 Å². The van der Waals surface area contributed by atoms with Gasteiger partial charge in [0.2, 0.25) is 0 Å². The molecule has 1 aromatic rings. The highest BCUT2D eigenvalue weighted by atomic mass is 79.9. The van der Waals surface area contributed by atoms with E-state index in [1.807, 2.05) is 6.92 Å². The summed E-state index contributed by atoms with van der Waals surface area (Å²) in [4.78, 5) is 2.18. The standard InChI is InChI=1S/C13H20BrNO/c1-3-13(16)10-15(2)9-8-11-4-6-12(14)7-5-11/h4-7,13,16H,3,8-10H2,1-2H3. The van der Waals surface area contributed by atoms with Crippen LogP contribution in [0.2, 0.25) is 0 Å². The van der Waals surface area contributed by atoms with Crippen LogP contribution in [0.5, 0.6) is 0 Å². The van der Waals surface area contributed by atoms with Crippen LogP contribution in [0.1, 0.15) is 18.9 Å². The lowest BCUT2D eigenvalue weighted by atomic mass is 10.1. The summed E-state index contributed by atoms with van der Waals surface area (Å²) in [6.07, 6.45) is 1.65. The monoisotopic (exact) mass is 285 g/mol. The molecule has 3 heteroatoms. The zero-order chi connectivity index (χ0) is 12.0. The fourth-order valence-corrected chi connectivity index (χ4v) is 1.82. The molecule has 0 fully saturated rings. The molecule has 0 aliphatic rings. The summed E-state index contributed by atoms with van der Waals surface area (Å²) in [6.45, 7) is 3.75. The minimum atomic E-state index is -0.199. The normalized spacial score (nSPS) is 13.1. The number of nitrogens with zero attached hydrogens (tertiary/aromatic N) is 1. The number of likely N-dealkylation sites (N-methyl/N-ethyl adjacent to an activating group) is 1. The molecule has 0 aromatic heterocycles. The molecule has 0 saturated carbocycles. The molecule has 16 heavy (non-hydrogen) atoms. The Balaban J connectivity index is 2.31. The molecular weight excluding hydrogens is 266 g/mol. The number of aliphatic hydroxyl groups is 1. The van der Waals surface area contributed by atoms with Gasteiger partial charge in [-0.2, -0.15) is 0 Å². The van der Waals surface area contributed by atoms with Crippen LogP contribution in [0.25, 0.3) is 0 Å². The highest BCUT2D eigenvalue weighted by Crippen LogP contribution is 2.11. The van der Waals surface area contributed by atoms with E-state index in [4.69, 9.17) is 0 Å². The zero-order valence-electron chi connectivity index (χ0n) is 9.99. The lowest BCUT2D eigenvalue weighted by Crippen LogP contribution is -2.30. The van der Waals surface area contributed by atoms with Crippen LogP contribution >= 0.6 is 15.9 Å². The quantitative estimate of drug-likeness (QED) is 0.869. The van der Waals surface area contributed by atoms with Crippen molar-refractivity contribution < 1.29 is 5.11 Å². The van der Waals surface area contributed by atoms with Gasteiger partial charge in [0.15, 0.2) is 0 Å². The van der Waals surface area contributed by atoms with Crippen LogP contribution < -0.4 is 0 Å². The third kappa shape index (κ3) is 5.10. The Hall–Kier alpha value is -0.380. The van der Waals surface area contributed by atoms with Gasteiger partial charge in [0.05, 0.1) is 6.10 Å². The van der Waals surface area contributed by atoms with Crippen LogP contribution in [0.15, 0.2) is 28.7 Å². The molecule has 90 valence electrons. The molecule has 0 amide bonds. The van der Waals surface area contributed by atoms with Crippen molar-refractivity contribution in [2.45, 2.75) is 25.9 Å². The highest BCUT2D eigenvalue weighted by molar-refractivity contribution is 9.10. The topological polar surface area (TPSA) is 23.5 Å². The number of halogens is 1. The fraction of sp³-hybridized carbons (Fsp3) is 0.538. The van der Waals surface area contributed by atoms with Crippen LogP contribution in [0.4, 0.5) is 0 Å². The molecule has 0 aliphatic heterocycles. The van der Waals surface area contributed by atoms with Gasteiger partial charge in [0, 0.05) is 17.6 Å². The lowest BCUT2D eigenvalue weighted by molar-refractivity contribution is 0.123. The maximum atomic E-state index is 9.51. The van der Waals surface area contributed by atoms with Crippen molar-refractivity contribution in [3.63, 3.8) is 0 Å². The lowest BCUT2D eigenvalue weighted by Gasteiger charge is -2.19. The van der Waals surface area contributed by atoms with Crippen LogP contribution in [0.3, 0.4) is 0 Å². The van der Waals surface area contributed by atoms with E-state index in [1.54, 1.807) is 0 Å². The second kappa shape index (κ2) is 7.05. The molecule has 0 saturated heterocycles. The molecule has 0 aliphatic carbocycles. The Morgan fingerprint density at radius 3 is 2.50 bits per heavy atom. The van der Waals surface area contributed by atoms with Gasteiger partial charge in [-0.1, -0.05) is 35.0 Å². The third-order valence-electron chi connectivity index (χ3n) is 2.69. The zero-order valence-corrected chi connectivity index (χ0v) is 11.6. The molecule has 1 N–H and O–H groups in total. The predicted octanol–water partition coefficient (Wildman–Crippen LogP) is 2.69. The van der Waals surface area contributed by atoms with Crippen molar-refractivity contribution in [2.75, 3.05) is 20.1 Å². The van der Waals surface area contributed by atoms with Gasteiger partial charge in [-0.05, 0) is 37.6 Å². The first kappa shape index (κ1) is 13.7. The van der Waals surface area contributed by atoms with Gasteiger partial charge in [-0.15, -0.1) is 0 Å². The van der Waals surface area contributed by atoms with Crippen molar-refractivity contribution in [3.8, 4) is 0 Å². The van der Waals surface area contributed by atoms with Gasteiger partial charge < -0.3 is 10.0 Å². The van der Waals surface area contributed by atoms with Crippen LogP contribution in [0, 0.1) is 0 Å². The third-order valence-corrected chi connectivity index (χ3v) is 3.22. The summed E-state index contributed by atoms with van der Waals surface area (Å²) in [5.41, 5.74) is 1.33. The first-order chi connectivity index (χ1) is 7.61. The smallest absolute Gasteiger partial charge is 0.0664 e. The number of aliphatic hydroxyl groups excluding tert-OH is 1. The Bertz CT molecular complexity index is 299. The number of rotatable bonds is 6. The Morgan fingerprint density at radius 1 is 1.31 bits per heavy atom. The average Bonchev–Trinajstić information content (AvgIpc) is 2.28. The number of hydrogen-bond donors (Lipinski definition) is 1. The van der Waals surface area contributed by atoms with Gasteiger partial charge in [-0.3, -0.25) is 0 Å². The molecule has 1 atom stereocenters. The van der Waals surface area contributed by atoms with Gasteiger partial charge in [0.25, 0.3) is 0 Å². The first-order valence-electron chi connectivity index (χ1n) is 5.73. The molecule has 1 rings (SSSR count). The highest BCUT2D eigenvalue weighted by Gasteiger charge is 2.05. The van der Waals surface area contributed by atoms with Crippen molar-refractivity contribution in [2.24, 2.45) is 0 Å². The molecule has 0 radical (unpaired) electrons. The Labute approximate surface area is 106 Å². The second-order valence-electron chi connectivity index (χ2n) is 4.20. The summed E-state index contributed by atoms with van der Waals surface area (Å²) in [5.74, 6) is 0. The van der Waals surface area contributed by atoms with Gasteiger partial charge in [-0.25, -0.2) is 0 Å². The molecule has 1 unspecified atom stereocenters.